The number of nitrogens with zero attached hydrogens (tertiary/aromatic N) is 2. The second kappa shape index (κ2) is 4.84. The fourth-order valence-electron chi connectivity index (χ4n) is 1.66. The van der Waals surface area contributed by atoms with Gasteiger partial charge >= 0.3 is 12.1 Å². The first-order chi connectivity index (χ1) is 9.26. The molecule has 0 unspecified atom stereocenters. The van der Waals surface area contributed by atoms with Crippen molar-refractivity contribution in [2.75, 3.05) is 5.32 Å². The minimum absolute atomic E-state index is 0.0431. The van der Waals surface area contributed by atoms with Crippen molar-refractivity contribution in [1.82, 2.24) is 9.38 Å². The molecule has 0 fully saturated rings. The van der Waals surface area contributed by atoms with E-state index in [0.29, 0.717) is 5.65 Å². The van der Waals surface area contributed by atoms with Gasteiger partial charge in [-0.2, -0.15) is 0 Å². The quantitative estimate of drug-likeness (QED) is 0.879. The number of anilines is 1. The molecule has 7 nitrogen and oxygen atoms in total. The number of carbonyl (C=O) groups is 2. The summed E-state index contributed by atoms with van der Waals surface area (Å²) < 4.78 is 6.66. The van der Waals surface area contributed by atoms with Crippen LogP contribution in [0.25, 0.3) is 5.65 Å². The molecule has 2 aromatic rings. The number of carboxylic acid groups (broad SMARTS) is 1. The fourth-order valence-corrected chi connectivity index (χ4v) is 1.66. The lowest BCUT2D eigenvalue weighted by Crippen LogP contribution is -2.27. The summed E-state index contributed by atoms with van der Waals surface area (Å²) in [5, 5.41) is 11.6. The summed E-state index contributed by atoms with van der Waals surface area (Å²) in [6, 6.07) is 1.34. The van der Waals surface area contributed by atoms with E-state index < -0.39 is 17.7 Å². The van der Waals surface area contributed by atoms with E-state index in [0.717, 1.165) is 0 Å². The van der Waals surface area contributed by atoms with Crippen molar-refractivity contribution in [2.24, 2.45) is 0 Å². The molecule has 2 aromatic heterocycles. The summed E-state index contributed by atoms with van der Waals surface area (Å²) in [5.41, 5.74) is 0.131. The zero-order chi connectivity index (χ0) is 14.9. The third-order valence-corrected chi connectivity index (χ3v) is 2.37. The van der Waals surface area contributed by atoms with Gasteiger partial charge in [0.15, 0.2) is 5.65 Å². The summed E-state index contributed by atoms with van der Waals surface area (Å²) >= 11 is 0. The smallest absolute Gasteiger partial charge is 0.412 e. The van der Waals surface area contributed by atoms with Gasteiger partial charge < -0.3 is 14.2 Å². The topological polar surface area (TPSA) is 92.9 Å². The van der Waals surface area contributed by atoms with Gasteiger partial charge in [-0.05, 0) is 26.8 Å². The molecule has 0 radical (unpaired) electrons. The van der Waals surface area contributed by atoms with Crippen LogP contribution in [0.5, 0.6) is 0 Å². The Morgan fingerprint density at radius 1 is 1.40 bits per heavy atom. The predicted octanol–water partition coefficient (Wildman–Crippen LogP) is 2.38. The number of aromatic nitrogens is 2. The van der Waals surface area contributed by atoms with Crippen molar-refractivity contribution in [3.8, 4) is 0 Å². The van der Waals surface area contributed by atoms with Gasteiger partial charge in [-0.1, -0.05) is 0 Å². The van der Waals surface area contributed by atoms with Crippen molar-refractivity contribution >= 4 is 23.4 Å². The summed E-state index contributed by atoms with van der Waals surface area (Å²) in [6.07, 6.45) is 3.87. The Morgan fingerprint density at radius 3 is 2.70 bits per heavy atom. The maximum Gasteiger partial charge on any atom is 0.412 e. The first-order valence-electron chi connectivity index (χ1n) is 5.96. The highest BCUT2D eigenvalue weighted by Gasteiger charge is 2.18. The molecular formula is C13H15N3O4. The molecule has 7 heteroatoms. The second-order valence-corrected chi connectivity index (χ2v) is 5.23. The Hall–Kier alpha value is -2.57. The van der Waals surface area contributed by atoms with Crippen molar-refractivity contribution in [3.63, 3.8) is 0 Å². The first-order valence-corrected chi connectivity index (χ1v) is 5.96. The van der Waals surface area contributed by atoms with Crippen LogP contribution in [0.3, 0.4) is 0 Å². The number of ether oxygens (including phenoxy) is 1. The number of hydrogen-bond donors (Lipinski definition) is 2. The zero-order valence-electron chi connectivity index (χ0n) is 11.4. The number of fused-ring (bicyclic) bond motifs is 1. The fraction of sp³-hybridized carbons (Fsp3) is 0.308. The van der Waals surface area contributed by atoms with Crippen LogP contribution in [-0.2, 0) is 4.74 Å². The Morgan fingerprint density at radius 2 is 2.10 bits per heavy atom. The molecule has 20 heavy (non-hydrogen) atoms. The molecule has 0 aliphatic heterocycles. The molecule has 1 amide bonds. The van der Waals surface area contributed by atoms with E-state index in [2.05, 4.69) is 10.3 Å². The van der Waals surface area contributed by atoms with Crippen molar-refractivity contribution in [1.29, 1.82) is 0 Å². The van der Waals surface area contributed by atoms with Gasteiger partial charge in [0.05, 0.1) is 11.3 Å². The highest BCUT2D eigenvalue weighted by molar-refractivity contribution is 5.94. The lowest BCUT2D eigenvalue weighted by Gasteiger charge is -2.19. The van der Waals surface area contributed by atoms with Gasteiger partial charge in [0.2, 0.25) is 0 Å². The van der Waals surface area contributed by atoms with Gasteiger partial charge in [0.25, 0.3) is 0 Å². The Labute approximate surface area is 115 Å². The van der Waals surface area contributed by atoms with Gasteiger partial charge in [0, 0.05) is 18.6 Å². The first kappa shape index (κ1) is 13.9. The largest absolute Gasteiger partial charge is 0.478 e. The normalized spacial score (nSPS) is 11.3. The van der Waals surface area contributed by atoms with Gasteiger partial charge in [-0.15, -0.1) is 0 Å². The average molecular weight is 277 g/mol. The molecule has 0 aliphatic rings. The molecule has 0 aromatic carbocycles. The molecule has 2 heterocycles. The van der Waals surface area contributed by atoms with Crippen LogP contribution in [0.1, 0.15) is 31.1 Å². The molecule has 2 rings (SSSR count). The predicted molar refractivity (Wildman–Crippen MR) is 72.0 cm³/mol. The van der Waals surface area contributed by atoms with Crippen molar-refractivity contribution in [3.05, 3.63) is 30.2 Å². The summed E-state index contributed by atoms with van der Waals surface area (Å²) in [4.78, 5) is 26.9. The van der Waals surface area contributed by atoms with Crippen LogP contribution < -0.4 is 5.32 Å². The summed E-state index contributed by atoms with van der Waals surface area (Å²) in [5.74, 6) is -1.09. The lowest BCUT2D eigenvalue weighted by molar-refractivity contribution is 0.0633. The number of aromatic carboxylic acids is 1. The van der Waals surface area contributed by atoms with E-state index in [1.165, 1.54) is 22.9 Å². The van der Waals surface area contributed by atoms with E-state index >= 15 is 0 Å². The minimum atomic E-state index is -1.09. The minimum Gasteiger partial charge on any atom is -0.478 e. The van der Waals surface area contributed by atoms with Gasteiger partial charge in [-0.3, -0.25) is 5.32 Å². The molecule has 0 bridgehead atoms. The molecule has 2 N–H and O–H groups in total. The van der Waals surface area contributed by atoms with Crippen LogP contribution in [0, 0.1) is 0 Å². The van der Waals surface area contributed by atoms with Crippen LogP contribution in [0.15, 0.2) is 24.7 Å². The van der Waals surface area contributed by atoms with Gasteiger partial charge in [0.1, 0.15) is 5.60 Å². The van der Waals surface area contributed by atoms with Crippen LogP contribution in [0.4, 0.5) is 10.5 Å². The highest BCUT2D eigenvalue weighted by Crippen LogP contribution is 2.19. The van der Waals surface area contributed by atoms with E-state index in [4.69, 9.17) is 9.84 Å². The molecule has 0 saturated heterocycles. The van der Waals surface area contributed by atoms with Crippen LogP contribution in [-0.4, -0.2) is 32.2 Å². The third-order valence-electron chi connectivity index (χ3n) is 2.37. The number of amides is 1. The van der Waals surface area contributed by atoms with Gasteiger partial charge in [-0.25, -0.2) is 14.6 Å². The van der Waals surface area contributed by atoms with E-state index in [9.17, 15) is 9.59 Å². The number of nitrogens with one attached hydrogen (secondary N) is 1. The molecule has 0 saturated carbocycles. The monoisotopic (exact) mass is 277 g/mol. The molecular weight excluding hydrogens is 262 g/mol. The number of carboxylic acids is 1. The Bertz CT molecular complexity index is 670. The van der Waals surface area contributed by atoms with Crippen molar-refractivity contribution in [2.45, 2.75) is 26.4 Å². The zero-order valence-corrected chi connectivity index (χ0v) is 11.4. The maximum absolute atomic E-state index is 11.8. The van der Waals surface area contributed by atoms with E-state index in [-0.39, 0.29) is 11.3 Å². The maximum atomic E-state index is 11.8. The number of pyridine rings is 1. The number of rotatable bonds is 2. The molecule has 106 valence electrons. The SMILES string of the molecule is CC(C)(C)OC(=O)Nc1cc(C(=O)O)cn2ccnc12. The molecule has 0 atom stereocenters. The number of carbonyl (C=O) groups excluding carboxylic acids is 1. The standard InChI is InChI=1S/C13H15N3O4/c1-13(2,3)20-12(19)15-9-6-8(11(17)18)7-16-5-4-14-10(9)16/h4-7H,1-3H3,(H,15,19)(H,17,18). The summed E-state index contributed by atoms with van der Waals surface area (Å²) in [7, 11) is 0. The number of imidazole rings is 1. The van der Waals surface area contributed by atoms with Crippen LogP contribution >= 0.6 is 0 Å². The molecule has 0 aliphatic carbocycles. The van der Waals surface area contributed by atoms with E-state index in [1.54, 1.807) is 27.0 Å². The number of hydrogen-bond acceptors (Lipinski definition) is 4. The lowest BCUT2D eigenvalue weighted by atomic mass is 10.2. The second-order valence-electron chi connectivity index (χ2n) is 5.23. The van der Waals surface area contributed by atoms with Crippen LogP contribution in [0.2, 0.25) is 0 Å². The Balaban J connectivity index is 2.35. The Kier molecular flexibility index (Phi) is 3.35. The highest BCUT2D eigenvalue weighted by atomic mass is 16.6. The van der Waals surface area contributed by atoms with E-state index in [1.807, 2.05) is 0 Å². The molecule has 0 spiro atoms. The third kappa shape index (κ3) is 3.05. The van der Waals surface area contributed by atoms with Crippen molar-refractivity contribution < 1.29 is 19.4 Å². The average Bonchev–Trinajstić information content (AvgIpc) is 2.74. The summed E-state index contributed by atoms with van der Waals surface area (Å²) in [6.45, 7) is 5.22.